The Morgan fingerprint density at radius 3 is 1.85 bits per heavy atom. The van der Waals surface area contributed by atoms with Crippen molar-refractivity contribution in [1.82, 2.24) is 4.90 Å². The van der Waals surface area contributed by atoms with Gasteiger partial charge in [0, 0.05) is 31.9 Å². The van der Waals surface area contributed by atoms with Crippen LogP contribution in [0.25, 0.3) is 0 Å². The Hall–Kier alpha value is -1.99. The first kappa shape index (κ1) is 19.8. The topological polar surface area (TPSA) is 66.5 Å². The number of hydrogen-bond acceptors (Lipinski definition) is 6. The van der Waals surface area contributed by atoms with Gasteiger partial charge in [-0.25, -0.2) is 0 Å². The SMILES string of the molecule is COc1cc(C(=O)N(C[C@H]2CCCO2)C[C@H]2CCCO2)cc(OC)c1OC. The van der Waals surface area contributed by atoms with Gasteiger partial charge in [-0.2, -0.15) is 0 Å². The van der Waals surface area contributed by atoms with Crippen molar-refractivity contribution in [2.75, 3.05) is 47.6 Å². The van der Waals surface area contributed by atoms with E-state index in [0.29, 0.717) is 35.9 Å². The Balaban J connectivity index is 1.84. The fourth-order valence-corrected chi connectivity index (χ4v) is 3.70. The minimum absolute atomic E-state index is 0.0809. The molecule has 27 heavy (non-hydrogen) atoms. The van der Waals surface area contributed by atoms with Gasteiger partial charge in [-0.15, -0.1) is 0 Å². The number of amides is 1. The molecule has 3 rings (SSSR count). The molecule has 0 aromatic heterocycles. The number of carbonyl (C=O) groups is 1. The molecule has 1 aromatic carbocycles. The van der Waals surface area contributed by atoms with E-state index >= 15 is 0 Å². The number of nitrogens with zero attached hydrogens (tertiary/aromatic N) is 1. The van der Waals surface area contributed by atoms with Gasteiger partial charge in [-0.1, -0.05) is 0 Å². The lowest BCUT2D eigenvalue weighted by atomic mass is 10.1. The number of rotatable bonds is 8. The first-order valence-corrected chi connectivity index (χ1v) is 9.48. The summed E-state index contributed by atoms with van der Waals surface area (Å²) >= 11 is 0. The van der Waals surface area contributed by atoms with Gasteiger partial charge in [0.1, 0.15) is 0 Å². The Bertz CT molecular complexity index is 594. The molecule has 2 aliphatic heterocycles. The van der Waals surface area contributed by atoms with Gasteiger partial charge >= 0.3 is 0 Å². The summed E-state index contributed by atoms with van der Waals surface area (Å²) in [7, 11) is 4.63. The van der Waals surface area contributed by atoms with E-state index in [9.17, 15) is 4.79 Å². The first-order chi connectivity index (χ1) is 13.2. The fraction of sp³-hybridized carbons (Fsp3) is 0.650. The molecule has 7 heteroatoms. The molecule has 2 aliphatic rings. The molecule has 0 radical (unpaired) electrons. The van der Waals surface area contributed by atoms with Gasteiger partial charge in [0.2, 0.25) is 5.75 Å². The molecule has 0 spiro atoms. The zero-order valence-electron chi connectivity index (χ0n) is 16.4. The molecular formula is C20H29NO6. The minimum Gasteiger partial charge on any atom is -0.493 e. The van der Waals surface area contributed by atoms with Crippen LogP contribution in [0.2, 0.25) is 0 Å². The van der Waals surface area contributed by atoms with Crippen LogP contribution < -0.4 is 14.2 Å². The summed E-state index contributed by atoms with van der Waals surface area (Å²) in [6.07, 6.45) is 4.19. The predicted molar refractivity (Wildman–Crippen MR) is 99.9 cm³/mol. The van der Waals surface area contributed by atoms with E-state index in [2.05, 4.69) is 0 Å². The van der Waals surface area contributed by atoms with Crippen LogP contribution in [-0.4, -0.2) is 70.6 Å². The monoisotopic (exact) mass is 379 g/mol. The van der Waals surface area contributed by atoms with Crippen molar-refractivity contribution < 1.29 is 28.5 Å². The van der Waals surface area contributed by atoms with Crippen LogP contribution in [0.15, 0.2) is 12.1 Å². The largest absolute Gasteiger partial charge is 0.493 e. The first-order valence-electron chi connectivity index (χ1n) is 9.48. The van der Waals surface area contributed by atoms with E-state index in [1.165, 1.54) is 0 Å². The second kappa shape index (κ2) is 9.28. The number of benzene rings is 1. The van der Waals surface area contributed by atoms with E-state index in [1.807, 2.05) is 4.90 Å². The molecule has 1 amide bonds. The van der Waals surface area contributed by atoms with Crippen molar-refractivity contribution in [1.29, 1.82) is 0 Å². The van der Waals surface area contributed by atoms with Gasteiger partial charge in [0.25, 0.3) is 5.91 Å². The average molecular weight is 379 g/mol. The molecule has 0 N–H and O–H groups in total. The fourth-order valence-electron chi connectivity index (χ4n) is 3.70. The van der Waals surface area contributed by atoms with Crippen LogP contribution in [-0.2, 0) is 9.47 Å². The highest BCUT2D eigenvalue weighted by Gasteiger charge is 2.28. The molecule has 7 nitrogen and oxygen atoms in total. The van der Waals surface area contributed by atoms with Crippen molar-refractivity contribution in [3.63, 3.8) is 0 Å². The zero-order valence-corrected chi connectivity index (χ0v) is 16.4. The third-order valence-electron chi connectivity index (χ3n) is 5.09. The summed E-state index contributed by atoms with van der Waals surface area (Å²) in [6, 6.07) is 3.39. The second-order valence-corrected chi connectivity index (χ2v) is 6.89. The smallest absolute Gasteiger partial charge is 0.254 e. The highest BCUT2D eigenvalue weighted by atomic mass is 16.5. The molecule has 0 aliphatic carbocycles. The second-order valence-electron chi connectivity index (χ2n) is 6.89. The third kappa shape index (κ3) is 4.65. The predicted octanol–water partition coefficient (Wildman–Crippen LogP) is 2.51. The lowest BCUT2D eigenvalue weighted by Gasteiger charge is -2.28. The Kier molecular flexibility index (Phi) is 6.79. The van der Waals surface area contributed by atoms with Crippen LogP contribution in [0.5, 0.6) is 17.2 Å². The zero-order chi connectivity index (χ0) is 19.2. The van der Waals surface area contributed by atoms with E-state index in [0.717, 1.165) is 38.9 Å². The lowest BCUT2D eigenvalue weighted by Crippen LogP contribution is -2.42. The van der Waals surface area contributed by atoms with Crippen molar-refractivity contribution in [2.45, 2.75) is 37.9 Å². The Labute approximate surface area is 160 Å². The minimum atomic E-state index is -0.0831. The Morgan fingerprint density at radius 2 is 1.48 bits per heavy atom. The van der Waals surface area contributed by atoms with Crippen molar-refractivity contribution in [2.24, 2.45) is 0 Å². The number of ether oxygens (including phenoxy) is 5. The van der Waals surface area contributed by atoms with Crippen LogP contribution in [0.1, 0.15) is 36.0 Å². The van der Waals surface area contributed by atoms with Crippen molar-refractivity contribution >= 4 is 5.91 Å². The van der Waals surface area contributed by atoms with E-state index in [-0.39, 0.29) is 18.1 Å². The lowest BCUT2D eigenvalue weighted by molar-refractivity contribution is 0.0307. The van der Waals surface area contributed by atoms with Crippen LogP contribution in [0.3, 0.4) is 0 Å². The molecule has 150 valence electrons. The molecular weight excluding hydrogens is 350 g/mol. The van der Waals surface area contributed by atoms with Crippen LogP contribution in [0.4, 0.5) is 0 Å². The van der Waals surface area contributed by atoms with Crippen LogP contribution in [0, 0.1) is 0 Å². The average Bonchev–Trinajstić information content (AvgIpc) is 3.39. The number of hydrogen-bond donors (Lipinski definition) is 0. The number of carbonyl (C=O) groups excluding carboxylic acids is 1. The molecule has 0 bridgehead atoms. The maximum Gasteiger partial charge on any atom is 0.254 e. The van der Waals surface area contributed by atoms with E-state index in [1.54, 1.807) is 33.5 Å². The number of methoxy groups -OCH3 is 3. The third-order valence-corrected chi connectivity index (χ3v) is 5.09. The normalized spacial score (nSPS) is 21.9. The summed E-state index contributed by atoms with van der Waals surface area (Å²) in [4.78, 5) is 15.2. The summed E-state index contributed by atoms with van der Waals surface area (Å²) in [5, 5.41) is 0. The quantitative estimate of drug-likeness (QED) is 0.691. The summed E-state index contributed by atoms with van der Waals surface area (Å²) in [5.74, 6) is 1.32. The Morgan fingerprint density at radius 1 is 0.963 bits per heavy atom. The molecule has 0 saturated carbocycles. The van der Waals surface area contributed by atoms with Crippen molar-refractivity contribution in [3.05, 3.63) is 17.7 Å². The molecule has 2 saturated heterocycles. The van der Waals surface area contributed by atoms with Gasteiger partial charge < -0.3 is 28.6 Å². The molecule has 2 fully saturated rings. The molecule has 2 heterocycles. The van der Waals surface area contributed by atoms with Gasteiger partial charge in [-0.3, -0.25) is 4.79 Å². The summed E-state index contributed by atoms with van der Waals surface area (Å²) in [5.41, 5.74) is 0.500. The van der Waals surface area contributed by atoms with Crippen LogP contribution >= 0.6 is 0 Å². The molecule has 0 unspecified atom stereocenters. The standard InChI is InChI=1S/C20H29NO6/c1-23-17-10-14(11-18(24-2)19(17)25-3)20(22)21(12-15-6-4-8-26-15)13-16-7-5-9-27-16/h10-11,15-16H,4-9,12-13H2,1-3H3/t15-,16-/m1/s1. The van der Waals surface area contributed by atoms with E-state index < -0.39 is 0 Å². The highest BCUT2D eigenvalue weighted by Crippen LogP contribution is 2.38. The van der Waals surface area contributed by atoms with E-state index in [4.69, 9.17) is 23.7 Å². The summed E-state index contributed by atoms with van der Waals surface area (Å²) < 4.78 is 27.6. The maximum absolute atomic E-state index is 13.3. The maximum atomic E-state index is 13.3. The molecule has 2 atom stereocenters. The van der Waals surface area contributed by atoms with Gasteiger partial charge in [0.05, 0.1) is 33.5 Å². The molecule has 1 aromatic rings. The highest BCUT2D eigenvalue weighted by molar-refractivity contribution is 5.95. The summed E-state index contributed by atoms with van der Waals surface area (Å²) in [6.45, 7) is 2.65. The van der Waals surface area contributed by atoms with Gasteiger partial charge in [-0.05, 0) is 37.8 Å². The van der Waals surface area contributed by atoms with Gasteiger partial charge in [0.15, 0.2) is 11.5 Å². The van der Waals surface area contributed by atoms with Crippen molar-refractivity contribution in [3.8, 4) is 17.2 Å².